The zero-order valence-corrected chi connectivity index (χ0v) is 10.6. The van der Waals surface area contributed by atoms with Crippen molar-refractivity contribution in [1.82, 2.24) is 15.1 Å². The normalized spacial score (nSPS) is 11.5. The number of carbonyl (C=O) groups excluding carboxylic acids is 1. The molecule has 1 aromatic rings. The number of sulfonamides is 1. The van der Waals surface area contributed by atoms with Crippen molar-refractivity contribution in [3.05, 3.63) is 17.5 Å². The number of aryl methyl sites for hydroxylation is 2. The summed E-state index contributed by atoms with van der Waals surface area (Å²) in [7, 11) is -3.55. The molecule has 0 unspecified atom stereocenters. The SMILES string of the molecule is CCn1nc(C)cc1C(=O)NCCS(N)(=O)=O. The molecule has 0 radical (unpaired) electrons. The fourth-order valence-electron chi connectivity index (χ4n) is 1.37. The molecule has 1 heterocycles. The molecule has 0 saturated heterocycles. The van der Waals surface area contributed by atoms with Gasteiger partial charge in [0.05, 0.1) is 11.4 Å². The average Bonchev–Trinajstić information content (AvgIpc) is 2.57. The number of hydrogen-bond donors (Lipinski definition) is 2. The second-order valence-electron chi connectivity index (χ2n) is 3.61. The third kappa shape index (κ3) is 4.16. The van der Waals surface area contributed by atoms with Gasteiger partial charge in [-0.05, 0) is 19.9 Å². The van der Waals surface area contributed by atoms with Crippen LogP contribution in [0.15, 0.2) is 6.07 Å². The van der Waals surface area contributed by atoms with Gasteiger partial charge in [-0.1, -0.05) is 0 Å². The lowest BCUT2D eigenvalue weighted by Crippen LogP contribution is -2.32. The molecule has 0 bridgehead atoms. The summed E-state index contributed by atoms with van der Waals surface area (Å²) < 4.78 is 22.9. The predicted octanol–water partition coefficient (Wildman–Crippen LogP) is -0.770. The minimum absolute atomic E-state index is 0.00832. The van der Waals surface area contributed by atoms with Crippen molar-refractivity contribution in [2.45, 2.75) is 20.4 Å². The lowest BCUT2D eigenvalue weighted by Gasteiger charge is -2.05. The van der Waals surface area contributed by atoms with Crippen LogP contribution in [-0.4, -0.2) is 36.4 Å². The summed E-state index contributed by atoms with van der Waals surface area (Å²) >= 11 is 0. The van der Waals surface area contributed by atoms with Gasteiger partial charge in [0, 0.05) is 13.1 Å². The van der Waals surface area contributed by atoms with E-state index < -0.39 is 10.0 Å². The summed E-state index contributed by atoms with van der Waals surface area (Å²) in [4.78, 5) is 11.7. The highest BCUT2D eigenvalue weighted by molar-refractivity contribution is 7.89. The van der Waals surface area contributed by atoms with Gasteiger partial charge >= 0.3 is 0 Å². The van der Waals surface area contributed by atoms with Gasteiger partial charge < -0.3 is 5.32 Å². The number of rotatable bonds is 5. The number of nitrogens with two attached hydrogens (primary N) is 1. The summed E-state index contributed by atoms with van der Waals surface area (Å²) in [6.45, 7) is 4.22. The van der Waals surface area contributed by atoms with Crippen LogP contribution in [0.25, 0.3) is 0 Å². The Morgan fingerprint density at radius 2 is 2.24 bits per heavy atom. The minimum Gasteiger partial charge on any atom is -0.350 e. The van der Waals surface area contributed by atoms with Crippen LogP contribution >= 0.6 is 0 Å². The molecular weight excluding hydrogens is 244 g/mol. The van der Waals surface area contributed by atoms with Crippen molar-refractivity contribution < 1.29 is 13.2 Å². The second kappa shape index (κ2) is 5.28. The summed E-state index contributed by atoms with van der Waals surface area (Å²) in [6.07, 6.45) is 0. The summed E-state index contributed by atoms with van der Waals surface area (Å²) in [5.74, 6) is -0.631. The first kappa shape index (κ1) is 13.7. The van der Waals surface area contributed by atoms with E-state index in [4.69, 9.17) is 5.14 Å². The van der Waals surface area contributed by atoms with Crippen LogP contribution < -0.4 is 10.5 Å². The number of primary sulfonamides is 1. The third-order valence-corrected chi connectivity index (χ3v) is 2.88. The van der Waals surface area contributed by atoms with Gasteiger partial charge in [0.2, 0.25) is 10.0 Å². The molecule has 0 atom stereocenters. The second-order valence-corrected chi connectivity index (χ2v) is 5.34. The van der Waals surface area contributed by atoms with Gasteiger partial charge in [-0.2, -0.15) is 5.10 Å². The molecule has 0 aliphatic rings. The van der Waals surface area contributed by atoms with Crippen molar-refractivity contribution >= 4 is 15.9 Å². The van der Waals surface area contributed by atoms with Gasteiger partial charge in [0.25, 0.3) is 5.91 Å². The van der Waals surface area contributed by atoms with Crippen LogP contribution in [0.2, 0.25) is 0 Å². The van der Waals surface area contributed by atoms with Crippen LogP contribution in [0.5, 0.6) is 0 Å². The fraction of sp³-hybridized carbons (Fsp3) is 0.556. The van der Waals surface area contributed by atoms with Crippen LogP contribution in [0, 0.1) is 6.92 Å². The van der Waals surface area contributed by atoms with E-state index >= 15 is 0 Å². The van der Waals surface area contributed by atoms with E-state index in [0.29, 0.717) is 12.2 Å². The summed E-state index contributed by atoms with van der Waals surface area (Å²) in [6, 6.07) is 1.65. The summed E-state index contributed by atoms with van der Waals surface area (Å²) in [5, 5.41) is 11.4. The number of carbonyl (C=O) groups is 1. The van der Waals surface area contributed by atoms with Crippen molar-refractivity contribution in [3.63, 3.8) is 0 Å². The molecule has 17 heavy (non-hydrogen) atoms. The molecule has 7 nitrogen and oxygen atoms in total. The first-order chi connectivity index (χ1) is 7.83. The zero-order chi connectivity index (χ0) is 13.1. The molecule has 1 rings (SSSR count). The van der Waals surface area contributed by atoms with Crippen LogP contribution in [-0.2, 0) is 16.6 Å². The van der Waals surface area contributed by atoms with E-state index in [9.17, 15) is 13.2 Å². The van der Waals surface area contributed by atoms with E-state index in [1.807, 2.05) is 6.92 Å². The van der Waals surface area contributed by atoms with E-state index in [1.165, 1.54) is 0 Å². The third-order valence-electron chi connectivity index (χ3n) is 2.11. The van der Waals surface area contributed by atoms with Gasteiger partial charge in [-0.3, -0.25) is 9.48 Å². The maximum Gasteiger partial charge on any atom is 0.269 e. The molecule has 1 aromatic heterocycles. The molecule has 8 heteroatoms. The molecule has 0 spiro atoms. The molecule has 1 amide bonds. The topological polar surface area (TPSA) is 107 Å². The van der Waals surface area contributed by atoms with Gasteiger partial charge in [-0.15, -0.1) is 0 Å². The predicted molar refractivity (Wildman–Crippen MR) is 62.9 cm³/mol. The number of amides is 1. The van der Waals surface area contributed by atoms with E-state index in [-0.39, 0.29) is 18.2 Å². The van der Waals surface area contributed by atoms with Crippen LogP contribution in [0.4, 0.5) is 0 Å². The minimum atomic E-state index is -3.55. The number of nitrogens with zero attached hydrogens (tertiary/aromatic N) is 2. The van der Waals surface area contributed by atoms with E-state index in [1.54, 1.807) is 17.7 Å². The lowest BCUT2D eigenvalue weighted by atomic mass is 10.3. The molecule has 96 valence electrons. The maximum atomic E-state index is 11.7. The van der Waals surface area contributed by atoms with E-state index in [0.717, 1.165) is 5.69 Å². The standard InChI is InChI=1S/C9H16N4O3S/c1-3-13-8(6-7(2)12-13)9(14)11-4-5-17(10,15)16/h6H,3-5H2,1-2H3,(H,11,14)(H2,10,15,16). The highest BCUT2D eigenvalue weighted by Crippen LogP contribution is 2.03. The smallest absolute Gasteiger partial charge is 0.269 e. The molecule has 3 N–H and O–H groups in total. The maximum absolute atomic E-state index is 11.7. The first-order valence-corrected chi connectivity index (χ1v) is 6.88. The molecule has 0 saturated carbocycles. The Morgan fingerprint density at radius 1 is 1.59 bits per heavy atom. The Kier molecular flexibility index (Phi) is 4.24. The monoisotopic (exact) mass is 260 g/mol. The number of hydrogen-bond acceptors (Lipinski definition) is 4. The molecule has 0 aliphatic heterocycles. The summed E-state index contributed by atoms with van der Waals surface area (Å²) in [5.41, 5.74) is 1.16. The molecule has 0 aliphatic carbocycles. The largest absolute Gasteiger partial charge is 0.350 e. The molecular formula is C9H16N4O3S. The van der Waals surface area contributed by atoms with Gasteiger partial charge in [0.15, 0.2) is 0 Å². The van der Waals surface area contributed by atoms with Crippen molar-refractivity contribution in [1.29, 1.82) is 0 Å². The first-order valence-electron chi connectivity index (χ1n) is 5.16. The van der Waals surface area contributed by atoms with Crippen molar-refractivity contribution in [2.24, 2.45) is 5.14 Å². The highest BCUT2D eigenvalue weighted by Gasteiger charge is 2.13. The Labute approximate surface area is 100 Å². The Morgan fingerprint density at radius 3 is 2.76 bits per heavy atom. The quantitative estimate of drug-likeness (QED) is 0.724. The molecule has 0 fully saturated rings. The Balaban J connectivity index is 2.64. The molecule has 0 aromatic carbocycles. The van der Waals surface area contributed by atoms with Crippen LogP contribution in [0.3, 0.4) is 0 Å². The van der Waals surface area contributed by atoms with Crippen LogP contribution in [0.1, 0.15) is 23.1 Å². The zero-order valence-electron chi connectivity index (χ0n) is 9.80. The van der Waals surface area contributed by atoms with Crippen molar-refractivity contribution in [3.8, 4) is 0 Å². The van der Waals surface area contributed by atoms with Gasteiger partial charge in [-0.25, -0.2) is 13.6 Å². The van der Waals surface area contributed by atoms with E-state index in [2.05, 4.69) is 10.4 Å². The highest BCUT2D eigenvalue weighted by atomic mass is 32.2. The van der Waals surface area contributed by atoms with Gasteiger partial charge in [0.1, 0.15) is 5.69 Å². The Hall–Kier alpha value is -1.41. The number of aromatic nitrogens is 2. The lowest BCUT2D eigenvalue weighted by molar-refractivity contribution is 0.0945. The van der Waals surface area contributed by atoms with Crippen molar-refractivity contribution in [2.75, 3.05) is 12.3 Å². The number of nitrogens with one attached hydrogen (secondary N) is 1. The fourth-order valence-corrected chi connectivity index (χ4v) is 1.75. The average molecular weight is 260 g/mol. The Bertz CT molecular complexity index is 506.